The minimum atomic E-state index is -0.0000940. The maximum Gasteiger partial charge on any atom is 0.268 e. The predicted molar refractivity (Wildman–Crippen MR) is 84.4 cm³/mol. The van der Waals surface area contributed by atoms with Crippen molar-refractivity contribution in [3.8, 4) is 0 Å². The number of thiazole rings is 1. The first kappa shape index (κ1) is 14.8. The van der Waals surface area contributed by atoms with Gasteiger partial charge in [-0.15, -0.1) is 0 Å². The number of hydrogen-bond donors (Lipinski definition) is 1. The van der Waals surface area contributed by atoms with Crippen LogP contribution in [0.25, 0.3) is 0 Å². The van der Waals surface area contributed by atoms with Gasteiger partial charge in [-0.05, 0) is 19.8 Å². The van der Waals surface area contributed by atoms with Crippen molar-refractivity contribution in [3.05, 3.63) is 16.5 Å². The van der Waals surface area contributed by atoms with Crippen molar-refractivity contribution < 1.29 is 4.79 Å². The zero-order valence-corrected chi connectivity index (χ0v) is 13.2. The summed E-state index contributed by atoms with van der Waals surface area (Å²) in [5.41, 5.74) is 7.26. The van der Waals surface area contributed by atoms with Crippen molar-refractivity contribution in [2.45, 2.75) is 26.7 Å². The Morgan fingerprint density at radius 3 is 2.95 bits per heavy atom. The summed E-state index contributed by atoms with van der Waals surface area (Å²) < 4.78 is 0. The Kier molecular flexibility index (Phi) is 4.65. The molecule has 0 aromatic carbocycles. The summed E-state index contributed by atoms with van der Waals surface area (Å²) in [6.45, 7) is 6.55. The van der Waals surface area contributed by atoms with Crippen molar-refractivity contribution in [2.75, 3.05) is 37.3 Å². The molecule has 2 N–H and O–H groups in total. The second-order valence-electron chi connectivity index (χ2n) is 5.18. The predicted octanol–water partition coefficient (Wildman–Crippen LogP) is 2.36. The summed E-state index contributed by atoms with van der Waals surface area (Å²) in [6, 6.07) is 0. The Bertz CT molecular complexity index is 523. The van der Waals surface area contributed by atoms with Crippen LogP contribution in [0.2, 0.25) is 0 Å². The van der Waals surface area contributed by atoms with Crippen molar-refractivity contribution in [2.24, 2.45) is 0 Å². The molecule has 2 rings (SSSR count). The monoisotopic (exact) mass is 294 g/mol. The molecule has 0 fully saturated rings. The Morgan fingerprint density at radius 1 is 1.60 bits per heavy atom. The van der Waals surface area contributed by atoms with E-state index in [1.165, 1.54) is 16.9 Å². The van der Waals surface area contributed by atoms with Gasteiger partial charge in [0, 0.05) is 26.7 Å². The Hall–Kier alpha value is -1.56. The molecule has 1 aromatic heterocycles. The van der Waals surface area contributed by atoms with Crippen LogP contribution in [-0.2, 0) is 0 Å². The van der Waals surface area contributed by atoms with E-state index in [-0.39, 0.29) is 5.91 Å². The third-order valence-electron chi connectivity index (χ3n) is 3.45. The van der Waals surface area contributed by atoms with E-state index < -0.39 is 0 Å². The molecule has 5 nitrogen and oxygen atoms in total. The summed E-state index contributed by atoms with van der Waals surface area (Å²) >= 11 is 1.39. The number of nitrogens with two attached hydrogens (primary N) is 1. The quantitative estimate of drug-likeness (QED) is 0.866. The molecule has 0 aliphatic carbocycles. The van der Waals surface area contributed by atoms with E-state index in [0.717, 1.165) is 31.1 Å². The van der Waals surface area contributed by atoms with Crippen LogP contribution >= 0.6 is 11.3 Å². The lowest BCUT2D eigenvalue weighted by Gasteiger charge is -2.24. The third kappa shape index (κ3) is 3.12. The first-order valence-corrected chi connectivity index (χ1v) is 7.77. The number of nitrogens with zero attached hydrogens (tertiary/aromatic N) is 3. The molecule has 20 heavy (non-hydrogen) atoms. The SMILES string of the molecule is CCCN(C)c1nc(N)c(C(=O)N2CC=C(C)CC2)s1. The molecule has 0 saturated carbocycles. The molecule has 6 heteroatoms. The van der Waals surface area contributed by atoms with Gasteiger partial charge in [-0.25, -0.2) is 4.98 Å². The van der Waals surface area contributed by atoms with Gasteiger partial charge in [-0.2, -0.15) is 0 Å². The van der Waals surface area contributed by atoms with E-state index in [9.17, 15) is 4.79 Å². The molecule has 0 bridgehead atoms. The summed E-state index contributed by atoms with van der Waals surface area (Å²) in [5.74, 6) is 0.351. The van der Waals surface area contributed by atoms with Crippen molar-refractivity contribution >= 4 is 28.2 Å². The number of nitrogen functional groups attached to an aromatic ring is 1. The number of aromatic nitrogens is 1. The lowest BCUT2D eigenvalue weighted by atomic mass is 10.1. The van der Waals surface area contributed by atoms with Gasteiger partial charge in [-0.3, -0.25) is 4.79 Å². The topological polar surface area (TPSA) is 62.5 Å². The van der Waals surface area contributed by atoms with Gasteiger partial charge in [0.15, 0.2) is 5.13 Å². The Labute approximate surface area is 124 Å². The molecule has 0 atom stereocenters. The number of hydrogen-bond acceptors (Lipinski definition) is 5. The fourth-order valence-corrected chi connectivity index (χ4v) is 3.11. The second-order valence-corrected chi connectivity index (χ2v) is 6.16. The fourth-order valence-electron chi connectivity index (χ4n) is 2.17. The second kappa shape index (κ2) is 6.26. The van der Waals surface area contributed by atoms with E-state index in [1.807, 2.05) is 16.8 Å². The summed E-state index contributed by atoms with van der Waals surface area (Å²) in [4.78, 5) is 21.2. The lowest BCUT2D eigenvalue weighted by molar-refractivity contribution is 0.0774. The summed E-state index contributed by atoms with van der Waals surface area (Å²) in [5, 5.41) is 0.816. The van der Waals surface area contributed by atoms with Crippen LogP contribution in [0, 0.1) is 0 Å². The summed E-state index contributed by atoms with van der Waals surface area (Å²) in [7, 11) is 1.98. The molecule has 1 aliphatic rings. The highest BCUT2D eigenvalue weighted by molar-refractivity contribution is 7.18. The molecule has 110 valence electrons. The van der Waals surface area contributed by atoms with Crippen molar-refractivity contribution in [1.29, 1.82) is 0 Å². The van der Waals surface area contributed by atoms with Crippen molar-refractivity contribution in [3.63, 3.8) is 0 Å². The summed E-state index contributed by atoms with van der Waals surface area (Å²) in [6.07, 6.45) is 4.07. The zero-order chi connectivity index (χ0) is 14.7. The van der Waals surface area contributed by atoms with Gasteiger partial charge < -0.3 is 15.5 Å². The van der Waals surface area contributed by atoms with Crippen LogP contribution in [0.1, 0.15) is 36.4 Å². The maximum absolute atomic E-state index is 12.5. The van der Waals surface area contributed by atoms with Crippen molar-refractivity contribution in [1.82, 2.24) is 9.88 Å². The van der Waals surface area contributed by atoms with E-state index in [0.29, 0.717) is 17.2 Å². The van der Waals surface area contributed by atoms with Gasteiger partial charge >= 0.3 is 0 Å². The first-order valence-electron chi connectivity index (χ1n) is 6.95. The Morgan fingerprint density at radius 2 is 2.35 bits per heavy atom. The molecule has 0 unspecified atom stereocenters. The maximum atomic E-state index is 12.5. The first-order chi connectivity index (χ1) is 9.52. The van der Waals surface area contributed by atoms with Gasteiger partial charge in [0.1, 0.15) is 10.7 Å². The average Bonchev–Trinajstić information content (AvgIpc) is 2.81. The zero-order valence-electron chi connectivity index (χ0n) is 12.3. The molecule has 1 aromatic rings. The van der Waals surface area contributed by atoms with Gasteiger partial charge in [-0.1, -0.05) is 29.9 Å². The molecular weight excluding hydrogens is 272 g/mol. The lowest BCUT2D eigenvalue weighted by Crippen LogP contribution is -2.34. The number of carbonyl (C=O) groups excluding carboxylic acids is 1. The highest BCUT2D eigenvalue weighted by atomic mass is 32.1. The van der Waals surface area contributed by atoms with E-state index in [1.54, 1.807) is 0 Å². The van der Waals surface area contributed by atoms with Crippen LogP contribution in [0.15, 0.2) is 11.6 Å². The minimum absolute atomic E-state index is 0.0000940. The largest absolute Gasteiger partial charge is 0.382 e. The molecular formula is C14H22N4OS. The highest BCUT2D eigenvalue weighted by Crippen LogP contribution is 2.29. The van der Waals surface area contributed by atoms with Crippen LogP contribution in [0.4, 0.5) is 10.9 Å². The van der Waals surface area contributed by atoms with Crippen LogP contribution in [0.5, 0.6) is 0 Å². The Balaban J connectivity index is 2.14. The van der Waals surface area contributed by atoms with Gasteiger partial charge in [0.05, 0.1) is 0 Å². The molecule has 0 radical (unpaired) electrons. The normalized spacial score (nSPS) is 15.2. The highest BCUT2D eigenvalue weighted by Gasteiger charge is 2.23. The number of carbonyl (C=O) groups is 1. The van der Waals surface area contributed by atoms with E-state index in [2.05, 4.69) is 24.9 Å². The van der Waals surface area contributed by atoms with Crippen LogP contribution in [0.3, 0.4) is 0 Å². The minimum Gasteiger partial charge on any atom is -0.382 e. The smallest absolute Gasteiger partial charge is 0.268 e. The van der Waals surface area contributed by atoms with Crippen LogP contribution in [-0.4, -0.2) is 42.5 Å². The molecule has 1 amide bonds. The standard InChI is InChI=1S/C14H22N4OS/c1-4-7-17(3)14-16-12(15)11(20-14)13(19)18-8-5-10(2)6-9-18/h5H,4,6-9,15H2,1-3H3. The average molecular weight is 294 g/mol. The van der Waals surface area contributed by atoms with E-state index >= 15 is 0 Å². The van der Waals surface area contributed by atoms with E-state index in [4.69, 9.17) is 5.73 Å². The number of rotatable bonds is 4. The molecule has 2 heterocycles. The molecule has 0 spiro atoms. The third-order valence-corrected chi connectivity index (χ3v) is 4.62. The van der Waals surface area contributed by atoms with Gasteiger partial charge in [0.25, 0.3) is 5.91 Å². The molecule has 0 saturated heterocycles. The number of amides is 1. The fraction of sp³-hybridized carbons (Fsp3) is 0.571. The van der Waals surface area contributed by atoms with Gasteiger partial charge in [0.2, 0.25) is 0 Å². The van der Waals surface area contributed by atoms with Crippen LogP contribution < -0.4 is 10.6 Å². The molecule has 1 aliphatic heterocycles. The number of anilines is 2.